The largest absolute Gasteiger partial charge is 0.336 e. The van der Waals surface area contributed by atoms with Crippen molar-refractivity contribution < 1.29 is 4.92 Å². The third kappa shape index (κ3) is 2.74. The molecule has 1 unspecified atom stereocenters. The first-order valence-electron chi connectivity index (χ1n) is 7.21. The van der Waals surface area contributed by atoms with Crippen LogP contribution in [0, 0.1) is 16.0 Å². The molecule has 1 aliphatic heterocycles. The summed E-state index contributed by atoms with van der Waals surface area (Å²) in [5, 5.41) is 19.0. The molecule has 1 aliphatic carbocycles. The van der Waals surface area contributed by atoms with Gasteiger partial charge in [-0.05, 0) is 56.0 Å². The van der Waals surface area contributed by atoms with E-state index in [0.29, 0.717) is 5.11 Å². The molecule has 0 spiro atoms. The maximum atomic E-state index is 11.3. The Morgan fingerprint density at radius 1 is 1.45 bits per heavy atom. The Morgan fingerprint density at radius 3 is 2.91 bits per heavy atom. The van der Waals surface area contributed by atoms with Crippen molar-refractivity contribution >= 4 is 28.6 Å². The molecule has 5 nitrogen and oxygen atoms in total. The lowest BCUT2D eigenvalue weighted by Crippen LogP contribution is -2.16. The molecule has 1 atom stereocenters. The number of nitrogens with one attached hydrogen (secondary N) is 1. The molecule has 0 saturated heterocycles. The zero-order valence-corrected chi connectivity index (χ0v) is 13.0. The van der Waals surface area contributed by atoms with E-state index in [1.165, 1.54) is 5.57 Å². The molecular formula is C16H16N3O2S. The minimum Gasteiger partial charge on any atom is -0.336 e. The molecule has 3 rings (SSSR count). The molecule has 0 amide bonds. The molecule has 1 radical (unpaired) electrons. The van der Waals surface area contributed by atoms with E-state index in [0.717, 1.165) is 36.1 Å². The highest BCUT2D eigenvalue weighted by Crippen LogP contribution is 2.44. The highest BCUT2D eigenvalue weighted by Gasteiger charge is 2.30. The van der Waals surface area contributed by atoms with Crippen LogP contribution in [0.1, 0.15) is 31.7 Å². The highest BCUT2D eigenvalue weighted by atomic mass is 32.1. The van der Waals surface area contributed by atoms with E-state index >= 15 is 0 Å². The van der Waals surface area contributed by atoms with Gasteiger partial charge in [-0.1, -0.05) is 17.7 Å². The van der Waals surface area contributed by atoms with E-state index in [1.807, 2.05) is 18.3 Å². The average Bonchev–Trinajstić information content (AvgIpc) is 3.05. The number of hydrogen-bond acceptors (Lipinski definition) is 3. The summed E-state index contributed by atoms with van der Waals surface area (Å²) in [7, 11) is 0. The number of rotatable bonds is 4. The number of nitro benzene ring substituents is 1. The summed E-state index contributed by atoms with van der Waals surface area (Å²) in [5.74, 6) is 0.249. The SMILES string of the molecule is CC1=C(c2ccccc2[N+](=O)[O-])C(CC2=CNC(=S)[N]2)CC1. The van der Waals surface area contributed by atoms with E-state index in [4.69, 9.17) is 12.2 Å². The average molecular weight is 314 g/mol. The Morgan fingerprint density at radius 2 is 2.23 bits per heavy atom. The van der Waals surface area contributed by atoms with Crippen molar-refractivity contribution in [3.63, 3.8) is 0 Å². The van der Waals surface area contributed by atoms with Crippen LogP contribution in [0.15, 0.2) is 41.7 Å². The third-order valence-electron chi connectivity index (χ3n) is 4.19. The van der Waals surface area contributed by atoms with Gasteiger partial charge in [-0.15, -0.1) is 0 Å². The fourth-order valence-electron chi connectivity index (χ4n) is 3.23. The summed E-state index contributed by atoms with van der Waals surface area (Å²) in [5.41, 5.74) is 4.16. The maximum Gasteiger partial charge on any atom is 0.276 e. The minimum atomic E-state index is -0.305. The van der Waals surface area contributed by atoms with Crippen molar-refractivity contribution in [3.05, 3.63) is 57.4 Å². The lowest BCUT2D eigenvalue weighted by atomic mass is 9.89. The predicted molar refractivity (Wildman–Crippen MR) is 89.0 cm³/mol. The Bertz CT molecular complexity index is 709. The van der Waals surface area contributed by atoms with Crippen LogP contribution in [0.25, 0.3) is 5.57 Å². The molecule has 0 aromatic heterocycles. The van der Waals surface area contributed by atoms with E-state index in [2.05, 4.69) is 17.6 Å². The number of para-hydroxylation sites is 1. The number of thiocarbonyl (C=S) groups is 1. The highest BCUT2D eigenvalue weighted by molar-refractivity contribution is 7.80. The Hall–Kier alpha value is -2.21. The summed E-state index contributed by atoms with van der Waals surface area (Å²) in [6, 6.07) is 6.98. The summed E-state index contributed by atoms with van der Waals surface area (Å²) in [6.07, 6.45) is 4.54. The lowest BCUT2D eigenvalue weighted by molar-refractivity contribution is -0.385. The Kier molecular flexibility index (Phi) is 3.94. The molecule has 2 aliphatic rings. The van der Waals surface area contributed by atoms with E-state index < -0.39 is 0 Å². The first-order chi connectivity index (χ1) is 10.6. The monoisotopic (exact) mass is 314 g/mol. The van der Waals surface area contributed by atoms with Gasteiger partial charge in [0.2, 0.25) is 0 Å². The smallest absolute Gasteiger partial charge is 0.276 e. The zero-order chi connectivity index (χ0) is 15.7. The predicted octanol–water partition coefficient (Wildman–Crippen LogP) is 3.50. The van der Waals surface area contributed by atoms with Crippen LogP contribution in [-0.2, 0) is 0 Å². The summed E-state index contributed by atoms with van der Waals surface area (Å²) in [4.78, 5) is 11.0. The molecule has 22 heavy (non-hydrogen) atoms. The zero-order valence-electron chi connectivity index (χ0n) is 12.2. The first kappa shape index (κ1) is 14.7. The van der Waals surface area contributed by atoms with Crippen molar-refractivity contribution in [1.29, 1.82) is 0 Å². The summed E-state index contributed by atoms with van der Waals surface area (Å²) < 4.78 is 0. The fourth-order valence-corrected chi connectivity index (χ4v) is 3.41. The fraction of sp³-hybridized carbons (Fsp3) is 0.312. The van der Waals surface area contributed by atoms with Crippen LogP contribution in [0.5, 0.6) is 0 Å². The van der Waals surface area contributed by atoms with Crippen LogP contribution < -0.4 is 10.6 Å². The van der Waals surface area contributed by atoms with Crippen LogP contribution in [0.2, 0.25) is 0 Å². The molecule has 1 aromatic carbocycles. The number of allylic oxidation sites excluding steroid dienone is 3. The molecular weight excluding hydrogens is 298 g/mol. The molecule has 0 fully saturated rings. The van der Waals surface area contributed by atoms with Gasteiger partial charge >= 0.3 is 0 Å². The van der Waals surface area contributed by atoms with Gasteiger partial charge in [0.05, 0.1) is 16.2 Å². The van der Waals surface area contributed by atoms with Crippen molar-refractivity contribution in [2.24, 2.45) is 5.92 Å². The van der Waals surface area contributed by atoms with Crippen molar-refractivity contribution in [3.8, 4) is 0 Å². The third-order valence-corrected chi connectivity index (χ3v) is 4.40. The molecule has 0 saturated carbocycles. The molecule has 0 bridgehead atoms. The van der Waals surface area contributed by atoms with Gasteiger partial charge in [0.15, 0.2) is 5.11 Å². The molecule has 1 aromatic rings. The van der Waals surface area contributed by atoms with Gasteiger partial charge in [-0.3, -0.25) is 10.1 Å². The van der Waals surface area contributed by atoms with Crippen LogP contribution in [-0.4, -0.2) is 10.0 Å². The molecule has 6 heteroatoms. The van der Waals surface area contributed by atoms with E-state index in [-0.39, 0.29) is 16.5 Å². The summed E-state index contributed by atoms with van der Waals surface area (Å²) >= 11 is 5.01. The van der Waals surface area contributed by atoms with Crippen molar-refractivity contribution in [2.45, 2.75) is 26.2 Å². The van der Waals surface area contributed by atoms with Crippen LogP contribution in [0.4, 0.5) is 5.69 Å². The van der Waals surface area contributed by atoms with Gasteiger partial charge in [0, 0.05) is 12.3 Å². The summed E-state index contributed by atoms with van der Waals surface area (Å²) in [6.45, 7) is 2.06. The quantitative estimate of drug-likeness (QED) is 0.524. The van der Waals surface area contributed by atoms with Crippen LogP contribution >= 0.6 is 12.2 Å². The van der Waals surface area contributed by atoms with Crippen molar-refractivity contribution in [1.82, 2.24) is 10.6 Å². The van der Waals surface area contributed by atoms with Gasteiger partial charge < -0.3 is 5.32 Å². The Labute approximate surface area is 134 Å². The molecule has 113 valence electrons. The first-order valence-corrected chi connectivity index (χ1v) is 7.62. The number of benzene rings is 1. The second kappa shape index (κ2) is 5.88. The van der Waals surface area contributed by atoms with Crippen molar-refractivity contribution in [2.75, 3.05) is 0 Å². The second-order valence-corrected chi connectivity index (χ2v) is 5.99. The number of hydrogen-bond donors (Lipinski definition) is 1. The topological polar surface area (TPSA) is 69.3 Å². The van der Waals surface area contributed by atoms with Crippen LogP contribution in [0.3, 0.4) is 0 Å². The number of nitro groups is 1. The Balaban J connectivity index is 1.92. The van der Waals surface area contributed by atoms with Gasteiger partial charge in [0.1, 0.15) is 0 Å². The van der Waals surface area contributed by atoms with E-state index in [1.54, 1.807) is 12.1 Å². The molecule has 1 N–H and O–H groups in total. The lowest BCUT2D eigenvalue weighted by Gasteiger charge is -2.16. The van der Waals surface area contributed by atoms with Gasteiger partial charge in [-0.2, -0.15) is 0 Å². The number of nitrogens with zero attached hydrogens (tertiary/aromatic N) is 2. The minimum absolute atomic E-state index is 0.176. The maximum absolute atomic E-state index is 11.3. The standard InChI is InChI=1S/C16H16N3O2S/c1-10-6-7-11(8-12-9-17-16(22)18-12)15(10)13-4-2-3-5-14(13)19(20)21/h2-5,9,11H,6-8H2,1H3,(H,17,22). The normalized spacial score (nSPS) is 20.7. The van der Waals surface area contributed by atoms with Gasteiger partial charge in [-0.25, -0.2) is 5.32 Å². The van der Waals surface area contributed by atoms with Gasteiger partial charge in [0.25, 0.3) is 5.69 Å². The second-order valence-electron chi connectivity index (χ2n) is 5.60. The van der Waals surface area contributed by atoms with E-state index in [9.17, 15) is 10.1 Å². The molecule has 1 heterocycles.